The number of phenols is 2. The fourth-order valence-electron chi connectivity index (χ4n) is 2.26. The average molecular weight is 308 g/mol. The van der Waals surface area contributed by atoms with Gasteiger partial charge in [0.2, 0.25) is 0 Å². The standard InChI is InChI=1S/C16H8N2O5/c17-7-9-3-10(19)5-15-16(9)13(21)6-14(23-15)8-1-2-11(18-22)12(20)4-8/h1-6,19-20H. The molecule has 3 rings (SSSR count). The van der Waals surface area contributed by atoms with Crippen LogP contribution in [-0.4, -0.2) is 10.2 Å². The molecule has 0 bridgehead atoms. The number of hydrogen-bond donors (Lipinski definition) is 2. The van der Waals surface area contributed by atoms with E-state index in [1.807, 2.05) is 6.07 Å². The third-order valence-corrected chi connectivity index (χ3v) is 3.29. The maximum atomic E-state index is 12.2. The Kier molecular flexibility index (Phi) is 3.27. The van der Waals surface area contributed by atoms with Gasteiger partial charge in [-0.1, -0.05) is 0 Å². The van der Waals surface area contributed by atoms with Gasteiger partial charge in [-0.3, -0.25) is 4.79 Å². The lowest BCUT2D eigenvalue weighted by molar-refractivity contribution is 0.473. The maximum Gasteiger partial charge on any atom is 0.194 e. The van der Waals surface area contributed by atoms with Crippen molar-refractivity contribution in [2.24, 2.45) is 5.18 Å². The highest BCUT2D eigenvalue weighted by Gasteiger charge is 2.13. The molecule has 3 aromatic rings. The van der Waals surface area contributed by atoms with Crippen LogP contribution in [0, 0.1) is 16.2 Å². The first kappa shape index (κ1) is 14.3. The second-order valence-electron chi connectivity index (χ2n) is 4.75. The Morgan fingerprint density at radius 2 is 1.91 bits per heavy atom. The maximum absolute atomic E-state index is 12.2. The van der Waals surface area contributed by atoms with Crippen LogP contribution >= 0.6 is 0 Å². The number of nitroso groups, excluding NO2 is 1. The molecular formula is C16H8N2O5. The molecule has 0 radical (unpaired) electrons. The van der Waals surface area contributed by atoms with Crippen LogP contribution in [0.15, 0.2) is 50.8 Å². The van der Waals surface area contributed by atoms with Crippen molar-refractivity contribution < 1.29 is 14.6 Å². The van der Waals surface area contributed by atoms with Crippen molar-refractivity contribution in [3.63, 3.8) is 0 Å². The van der Waals surface area contributed by atoms with Gasteiger partial charge in [-0.25, -0.2) is 0 Å². The lowest BCUT2D eigenvalue weighted by Gasteiger charge is -2.06. The fraction of sp³-hybridized carbons (Fsp3) is 0. The van der Waals surface area contributed by atoms with E-state index in [0.717, 1.165) is 0 Å². The minimum absolute atomic E-state index is 0.00338. The molecule has 1 heterocycles. The van der Waals surface area contributed by atoms with E-state index in [9.17, 15) is 19.9 Å². The highest BCUT2D eigenvalue weighted by molar-refractivity contribution is 5.86. The highest BCUT2D eigenvalue weighted by atomic mass is 16.3. The Balaban J connectivity index is 2.29. The minimum atomic E-state index is -0.463. The van der Waals surface area contributed by atoms with Gasteiger partial charge in [0.1, 0.15) is 34.6 Å². The van der Waals surface area contributed by atoms with Crippen LogP contribution in [0.2, 0.25) is 0 Å². The van der Waals surface area contributed by atoms with Crippen LogP contribution in [0.4, 0.5) is 5.69 Å². The summed E-state index contributed by atoms with van der Waals surface area (Å²) < 4.78 is 5.55. The molecule has 1 aromatic heterocycles. The Hall–Kier alpha value is -3.66. The molecule has 0 saturated heterocycles. The van der Waals surface area contributed by atoms with E-state index in [-0.39, 0.29) is 39.5 Å². The number of aromatic hydroxyl groups is 2. The summed E-state index contributed by atoms with van der Waals surface area (Å²) in [6, 6.07) is 9.36. The second-order valence-corrected chi connectivity index (χ2v) is 4.75. The number of nitriles is 1. The molecule has 0 unspecified atom stereocenters. The van der Waals surface area contributed by atoms with Crippen molar-refractivity contribution in [3.8, 4) is 28.9 Å². The summed E-state index contributed by atoms with van der Waals surface area (Å²) in [5.41, 5.74) is -0.211. The van der Waals surface area contributed by atoms with Gasteiger partial charge in [-0.05, 0) is 29.4 Å². The zero-order chi connectivity index (χ0) is 16.6. The zero-order valence-electron chi connectivity index (χ0n) is 11.5. The molecule has 23 heavy (non-hydrogen) atoms. The number of rotatable bonds is 2. The molecule has 0 saturated carbocycles. The highest BCUT2D eigenvalue weighted by Crippen LogP contribution is 2.33. The molecule has 2 aromatic carbocycles. The van der Waals surface area contributed by atoms with E-state index >= 15 is 0 Å². The molecule has 0 amide bonds. The Morgan fingerprint density at radius 3 is 2.57 bits per heavy atom. The van der Waals surface area contributed by atoms with Gasteiger partial charge >= 0.3 is 0 Å². The molecule has 0 spiro atoms. The van der Waals surface area contributed by atoms with Crippen LogP contribution < -0.4 is 5.43 Å². The molecule has 0 atom stereocenters. The van der Waals surface area contributed by atoms with E-state index in [1.54, 1.807) is 0 Å². The van der Waals surface area contributed by atoms with E-state index in [4.69, 9.17) is 9.68 Å². The van der Waals surface area contributed by atoms with Gasteiger partial charge in [0.15, 0.2) is 5.43 Å². The van der Waals surface area contributed by atoms with Gasteiger partial charge < -0.3 is 14.6 Å². The van der Waals surface area contributed by atoms with Crippen LogP contribution in [0.5, 0.6) is 11.5 Å². The van der Waals surface area contributed by atoms with Crippen molar-refractivity contribution >= 4 is 16.7 Å². The Bertz CT molecular complexity index is 1050. The number of fused-ring (bicyclic) bond motifs is 1. The predicted octanol–water partition coefficient (Wildman–Crippen LogP) is 3.14. The van der Waals surface area contributed by atoms with E-state index in [0.29, 0.717) is 5.56 Å². The molecular weight excluding hydrogens is 300 g/mol. The second kappa shape index (κ2) is 5.27. The van der Waals surface area contributed by atoms with Crippen molar-refractivity contribution in [3.05, 3.63) is 57.1 Å². The van der Waals surface area contributed by atoms with Crippen molar-refractivity contribution in [2.45, 2.75) is 0 Å². The lowest BCUT2D eigenvalue weighted by Crippen LogP contribution is -2.02. The van der Waals surface area contributed by atoms with E-state index < -0.39 is 5.43 Å². The Labute approximate surface area is 128 Å². The fourth-order valence-corrected chi connectivity index (χ4v) is 2.26. The van der Waals surface area contributed by atoms with Gasteiger partial charge in [-0.2, -0.15) is 5.26 Å². The molecule has 2 N–H and O–H groups in total. The normalized spacial score (nSPS) is 10.4. The number of nitrogens with zero attached hydrogens (tertiary/aromatic N) is 2. The van der Waals surface area contributed by atoms with Gasteiger partial charge in [0.05, 0.1) is 10.9 Å². The summed E-state index contributed by atoms with van der Waals surface area (Å²) >= 11 is 0. The minimum Gasteiger partial charge on any atom is -0.508 e. The number of phenolic OH excluding ortho intramolecular Hbond substituents is 2. The quantitative estimate of drug-likeness (QED) is 0.701. The summed E-state index contributed by atoms with van der Waals surface area (Å²) in [5.74, 6) is -0.448. The lowest BCUT2D eigenvalue weighted by atomic mass is 10.1. The van der Waals surface area contributed by atoms with Crippen LogP contribution in [0.25, 0.3) is 22.3 Å². The number of hydrogen-bond acceptors (Lipinski definition) is 7. The molecule has 0 fully saturated rings. The van der Waals surface area contributed by atoms with Crippen LogP contribution in [-0.2, 0) is 0 Å². The summed E-state index contributed by atoms with van der Waals surface area (Å²) in [4.78, 5) is 22.7. The van der Waals surface area contributed by atoms with Crippen LogP contribution in [0.1, 0.15) is 5.56 Å². The van der Waals surface area contributed by atoms with Gasteiger partial charge in [0, 0.05) is 17.7 Å². The van der Waals surface area contributed by atoms with Gasteiger partial charge in [0.25, 0.3) is 0 Å². The summed E-state index contributed by atoms with van der Waals surface area (Å²) in [7, 11) is 0. The van der Waals surface area contributed by atoms with E-state index in [2.05, 4.69) is 5.18 Å². The molecule has 0 aliphatic heterocycles. The topological polar surface area (TPSA) is 124 Å². The molecule has 7 nitrogen and oxygen atoms in total. The zero-order valence-corrected chi connectivity index (χ0v) is 11.5. The third-order valence-electron chi connectivity index (χ3n) is 3.29. The molecule has 112 valence electrons. The smallest absolute Gasteiger partial charge is 0.194 e. The number of benzene rings is 2. The summed E-state index contributed by atoms with van der Waals surface area (Å²) in [6.45, 7) is 0. The molecule has 7 heteroatoms. The van der Waals surface area contributed by atoms with Crippen molar-refractivity contribution in [1.82, 2.24) is 0 Å². The summed E-state index contributed by atoms with van der Waals surface area (Å²) in [6.07, 6.45) is 0. The largest absolute Gasteiger partial charge is 0.508 e. The average Bonchev–Trinajstić information content (AvgIpc) is 2.53. The Morgan fingerprint density at radius 1 is 1.13 bits per heavy atom. The first-order chi connectivity index (χ1) is 11.0. The van der Waals surface area contributed by atoms with Crippen molar-refractivity contribution in [2.75, 3.05) is 0 Å². The molecule has 0 aliphatic carbocycles. The first-order valence-electron chi connectivity index (χ1n) is 6.41. The molecule has 0 aliphatic rings. The van der Waals surface area contributed by atoms with E-state index in [1.165, 1.54) is 36.4 Å². The summed E-state index contributed by atoms with van der Waals surface area (Å²) in [5, 5.41) is 31.0. The van der Waals surface area contributed by atoms with Crippen LogP contribution in [0.3, 0.4) is 0 Å². The monoisotopic (exact) mass is 308 g/mol. The predicted molar refractivity (Wildman–Crippen MR) is 81.4 cm³/mol. The van der Waals surface area contributed by atoms with Gasteiger partial charge in [-0.15, -0.1) is 4.91 Å². The third kappa shape index (κ3) is 2.38. The first-order valence-corrected chi connectivity index (χ1v) is 6.41. The van der Waals surface area contributed by atoms with Crippen molar-refractivity contribution in [1.29, 1.82) is 5.26 Å². The SMILES string of the molecule is N#Cc1cc(O)cc2oc(-c3ccc(N=O)c(O)c3)cc(=O)c12.